The third-order valence-corrected chi connectivity index (χ3v) is 3.29. The molecule has 3 nitrogen and oxygen atoms in total. The molecule has 1 aromatic heterocycles. The minimum atomic E-state index is 0.494. The molecule has 1 unspecified atom stereocenters. The van der Waals surface area contributed by atoms with E-state index in [9.17, 15) is 0 Å². The SMILES string of the molecule is CCCCCC(CCC)c1c(C#N)cnn1C. The van der Waals surface area contributed by atoms with E-state index >= 15 is 0 Å². The Morgan fingerprint density at radius 2 is 2.06 bits per heavy atom. The molecule has 1 heterocycles. The van der Waals surface area contributed by atoms with Gasteiger partial charge in [0.2, 0.25) is 0 Å². The fourth-order valence-corrected chi connectivity index (χ4v) is 2.42. The van der Waals surface area contributed by atoms with Crippen molar-refractivity contribution in [3.63, 3.8) is 0 Å². The van der Waals surface area contributed by atoms with Crippen LogP contribution in [0.5, 0.6) is 0 Å². The summed E-state index contributed by atoms with van der Waals surface area (Å²) in [6, 6.07) is 2.26. The molecule has 1 aromatic rings. The first kappa shape index (κ1) is 13.8. The molecule has 0 amide bonds. The van der Waals surface area contributed by atoms with Crippen molar-refractivity contribution in [2.24, 2.45) is 7.05 Å². The van der Waals surface area contributed by atoms with Gasteiger partial charge in [0.25, 0.3) is 0 Å². The van der Waals surface area contributed by atoms with Gasteiger partial charge in [0.1, 0.15) is 6.07 Å². The monoisotopic (exact) mass is 233 g/mol. The minimum absolute atomic E-state index is 0.494. The van der Waals surface area contributed by atoms with Gasteiger partial charge in [0.15, 0.2) is 0 Å². The molecule has 0 saturated heterocycles. The van der Waals surface area contributed by atoms with Crippen molar-refractivity contribution in [2.45, 2.75) is 58.3 Å². The van der Waals surface area contributed by atoms with Crippen LogP contribution in [0.1, 0.15) is 69.5 Å². The zero-order valence-electron chi connectivity index (χ0n) is 11.2. The first-order valence-electron chi connectivity index (χ1n) is 6.66. The van der Waals surface area contributed by atoms with Crippen molar-refractivity contribution < 1.29 is 0 Å². The van der Waals surface area contributed by atoms with Gasteiger partial charge < -0.3 is 0 Å². The predicted molar refractivity (Wildman–Crippen MR) is 69.7 cm³/mol. The highest BCUT2D eigenvalue weighted by Gasteiger charge is 2.18. The molecule has 1 atom stereocenters. The lowest BCUT2D eigenvalue weighted by Crippen LogP contribution is -2.07. The Kier molecular flexibility index (Phi) is 5.76. The molecule has 0 radical (unpaired) electrons. The molecule has 0 fully saturated rings. The summed E-state index contributed by atoms with van der Waals surface area (Å²) in [5.74, 6) is 0.494. The molecule has 94 valence electrons. The summed E-state index contributed by atoms with van der Waals surface area (Å²) < 4.78 is 1.88. The number of aromatic nitrogens is 2. The van der Waals surface area contributed by atoms with Gasteiger partial charge in [-0.2, -0.15) is 10.4 Å². The fourth-order valence-electron chi connectivity index (χ4n) is 2.42. The first-order valence-corrected chi connectivity index (χ1v) is 6.66. The molecule has 0 saturated carbocycles. The molecule has 0 spiro atoms. The Hall–Kier alpha value is -1.30. The summed E-state index contributed by atoms with van der Waals surface area (Å²) in [4.78, 5) is 0. The maximum Gasteiger partial charge on any atom is 0.103 e. The van der Waals surface area contributed by atoms with Crippen LogP contribution in [0.2, 0.25) is 0 Å². The largest absolute Gasteiger partial charge is 0.271 e. The van der Waals surface area contributed by atoms with E-state index < -0.39 is 0 Å². The third kappa shape index (κ3) is 3.59. The Labute approximate surface area is 104 Å². The highest BCUT2D eigenvalue weighted by molar-refractivity contribution is 5.33. The lowest BCUT2D eigenvalue weighted by Gasteiger charge is -2.17. The van der Waals surface area contributed by atoms with E-state index in [-0.39, 0.29) is 0 Å². The smallest absolute Gasteiger partial charge is 0.103 e. The van der Waals surface area contributed by atoms with Crippen LogP contribution in [0.3, 0.4) is 0 Å². The third-order valence-electron chi connectivity index (χ3n) is 3.29. The highest BCUT2D eigenvalue weighted by atomic mass is 15.3. The Bertz CT molecular complexity index is 373. The zero-order valence-corrected chi connectivity index (χ0v) is 11.2. The second kappa shape index (κ2) is 7.11. The molecule has 3 heteroatoms. The van der Waals surface area contributed by atoms with E-state index in [1.165, 1.54) is 25.7 Å². The predicted octanol–water partition coefficient (Wildman–Crippen LogP) is 3.76. The molecule has 0 bridgehead atoms. The van der Waals surface area contributed by atoms with Crippen LogP contribution >= 0.6 is 0 Å². The molecule has 0 aliphatic rings. The van der Waals surface area contributed by atoms with Gasteiger partial charge in [-0.1, -0.05) is 39.5 Å². The highest BCUT2D eigenvalue weighted by Crippen LogP contribution is 2.29. The number of nitriles is 1. The minimum Gasteiger partial charge on any atom is -0.271 e. The van der Waals surface area contributed by atoms with Gasteiger partial charge in [-0.15, -0.1) is 0 Å². The van der Waals surface area contributed by atoms with Gasteiger partial charge in [-0.25, -0.2) is 0 Å². The van der Waals surface area contributed by atoms with E-state index in [1.54, 1.807) is 6.20 Å². The molecule has 0 aliphatic heterocycles. The van der Waals surface area contributed by atoms with Crippen LogP contribution in [-0.2, 0) is 7.05 Å². The van der Waals surface area contributed by atoms with Crippen molar-refractivity contribution in [2.75, 3.05) is 0 Å². The summed E-state index contributed by atoms with van der Waals surface area (Å²) in [7, 11) is 1.94. The molecular formula is C14H23N3. The Morgan fingerprint density at radius 1 is 1.29 bits per heavy atom. The summed E-state index contributed by atoms with van der Waals surface area (Å²) in [5.41, 5.74) is 1.88. The van der Waals surface area contributed by atoms with Gasteiger partial charge in [-0.3, -0.25) is 4.68 Å². The molecule has 1 rings (SSSR count). The van der Waals surface area contributed by atoms with Crippen LogP contribution in [0, 0.1) is 11.3 Å². The lowest BCUT2D eigenvalue weighted by atomic mass is 9.91. The van der Waals surface area contributed by atoms with Crippen molar-refractivity contribution in [3.05, 3.63) is 17.5 Å². The molecule has 0 N–H and O–H groups in total. The number of hydrogen-bond donors (Lipinski definition) is 0. The maximum atomic E-state index is 9.12. The topological polar surface area (TPSA) is 41.6 Å². The van der Waals surface area contributed by atoms with E-state index in [4.69, 9.17) is 5.26 Å². The fraction of sp³-hybridized carbons (Fsp3) is 0.714. The van der Waals surface area contributed by atoms with E-state index in [2.05, 4.69) is 25.0 Å². The summed E-state index contributed by atoms with van der Waals surface area (Å²) >= 11 is 0. The molecule has 17 heavy (non-hydrogen) atoms. The van der Waals surface area contributed by atoms with Gasteiger partial charge in [0.05, 0.1) is 17.5 Å². The van der Waals surface area contributed by atoms with Crippen molar-refractivity contribution in [3.8, 4) is 6.07 Å². The zero-order chi connectivity index (χ0) is 12.7. The lowest BCUT2D eigenvalue weighted by molar-refractivity contribution is 0.496. The number of unbranched alkanes of at least 4 members (excludes halogenated alkanes) is 2. The number of nitrogens with zero attached hydrogens (tertiary/aromatic N) is 3. The van der Waals surface area contributed by atoms with Crippen LogP contribution in [-0.4, -0.2) is 9.78 Å². The standard InChI is InChI=1S/C14H23N3/c1-4-6-7-9-12(8-5-2)14-13(10-15)11-16-17(14)3/h11-12H,4-9H2,1-3H3. The molecular weight excluding hydrogens is 210 g/mol. The van der Waals surface area contributed by atoms with Crippen molar-refractivity contribution in [1.82, 2.24) is 9.78 Å². The van der Waals surface area contributed by atoms with Crippen molar-refractivity contribution in [1.29, 1.82) is 5.26 Å². The summed E-state index contributed by atoms with van der Waals surface area (Å²) in [6.45, 7) is 4.43. The second-order valence-corrected chi connectivity index (χ2v) is 4.66. The van der Waals surface area contributed by atoms with Gasteiger partial charge in [-0.05, 0) is 12.8 Å². The van der Waals surface area contributed by atoms with E-state index in [0.717, 1.165) is 24.1 Å². The van der Waals surface area contributed by atoms with Crippen molar-refractivity contribution >= 4 is 0 Å². The maximum absolute atomic E-state index is 9.12. The molecule has 0 aromatic carbocycles. The molecule has 0 aliphatic carbocycles. The Balaban J connectivity index is 2.81. The van der Waals surface area contributed by atoms with Crippen LogP contribution in [0.25, 0.3) is 0 Å². The van der Waals surface area contributed by atoms with Crippen LogP contribution in [0.4, 0.5) is 0 Å². The summed E-state index contributed by atoms with van der Waals surface area (Å²) in [6.07, 6.45) is 8.95. The number of hydrogen-bond acceptors (Lipinski definition) is 2. The van der Waals surface area contributed by atoms with Crippen LogP contribution in [0.15, 0.2) is 6.20 Å². The summed E-state index contributed by atoms with van der Waals surface area (Å²) in [5, 5.41) is 13.3. The number of aryl methyl sites for hydroxylation is 1. The van der Waals surface area contributed by atoms with Gasteiger partial charge >= 0.3 is 0 Å². The number of rotatable bonds is 7. The second-order valence-electron chi connectivity index (χ2n) is 4.66. The average molecular weight is 233 g/mol. The van der Waals surface area contributed by atoms with Crippen LogP contribution < -0.4 is 0 Å². The quantitative estimate of drug-likeness (QED) is 0.673. The normalized spacial score (nSPS) is 12.4. The Morgan fingerprint density at radius 3 is 2.65 bits per heavy atom. The average Bonchev–Trinajstić information content (AvgIpc) is 2.69. The first-order chi connectivity index (χ1) is 8.24. The van der Waals surface area contributed by atoms with Gasteiger partial charge in [0, 0.05) is 13.0 Å². The van der Waals surface area contributed by atoms with E-state index in [1.807, 2.05) is 11.7 Å². The van der Waals surface area contributed by atoms with E-state index in [0.29, 0.717) is 5.92 Å².